The number of pyridine rings is 1. The molecule has 0 spiro atoms. The number of hydrogen-bond acceptors (Lipinski definition) is 6. The van der Waals surface area contributed by atoms with E-state index in [0.717, 1.165) is 11.1 Å². The number of hydrogen-bond donors (Lipinski definition) is 0. The summed E-state index contributed by atoms with van der Waals surface area (Å²) in [4.78, 5) is 17.4. The fourth-order valence-electron chi connectivity index (χ4n) is 3.18. The lowest BCUT2D eigenvalue weighted by Gasteiger charge is -2.08. The summed E-state index contributed by atoms with van der Waals surface area (Å²) in [5.41, 5.74) is 2.78. The van der Waals surface area contributed by atoms with Gasteiger partial charge in [-0.3, -0.25) is 4.79 Å². The summed E-state index contributed by atoms with van der Waals surface area (Å²) in [6, 6.07) is 11.1. The number of nitrogens with zero attached hydrogens (tertiary/aromatic N) is 3. The molecule has 142 valence electrons. The summed E-state index contributed by atoms with van der Waals surface area (Å²) < 4.78 is 17.9. The summed E-state index contributed by atoms with van der Waals surface area (Å²) in [5, 5.41) is 4.65. The average Bonchev–Trinajstić information content (AvgIpc) is 3.20. The van der Waals surface area contributed by atoms with Gasteiger partial charge in [0.05, 0.1) is 19.7 Å². The monoisotopic (exact) mass is 377 g/mol. The number of benzene rings is 2. The minimum atomic E-state index is -0.140. The molecule has 7 heteroatoms. The molecule has 0 aliphatic rings. The van der Waals surface area contributed by atoms with Crippen LogP contribution in [-0.2, 0) is 7.05 Å². The SMILES string of the molecule is COc1ccc(-c2noc(-c3cn(C)c4ccc(C)cc4c3=O)n2)cc1OC. The highest BCUT2D eigenvalue weighted by atomic mass is 16.5. The van der Waals surface area contributed by atoms with Crippen LogP contribution in [0.15, 0.2) is 51.9 Å². The second-order valence-corrected chi connectivity index (χ2v) is 6.50. The molecule has 4 rings (SSSR count). The Bertz CT molecular complexity index is 1240. The normalized spacial score (nSPS) is 11.0. The van der Waals surface area contributed by atoms with Gasteiger partial charge < -0.3 is 18.6 Å². The lowest BCUT2D eigenvalue weighted by Crippen LogP contribution is -2.10. The van der Waals surface area contributed by atoms with Crippen molar-refractivity contribution in [1.29, 1.82) is 0 Å². The fraction of sp³-hybridized carbons (Fsp3) is 0.190. The third-order valence-electron chi connectivity index (χ3n) is 4.64. The molecule has 28 heavy (non-hydrogen) atoms. The largest absolute Gasteiger partial charge is 0.493 e. The van der Waals surface area contributed by atoms with Gasteiger partial charge in [-0.05, 0) is 37.3 Å². The Morgan fingerprint density at radius 3 is 2.57 bits per heavy atom. The minimum Gasteiger partial charge on any atom is -0.493 e. The smallest absolute Gasteiger partial charge is 0.263 e. The van der Waals surface area contributed by atoms with Gasteiger partial charge in [-0.1, -0.05) is 16.8 Å². The van der Waals surface area contributed by atoms with E-state index < -0.39 is 0 Å². The van der Waals surface area contributed by atoms with E-state index in [9.17, 15) is 4.79 Å². The third kappa shape index (κ3) is 2.90. The Hall–Kier alpha value is -3.61. The van der Waals surface area contributed by atoms with Gasteiger partial charge in [-0.15, -0.1) is 0 Å². The van der Waals surface area contributed by atoms with Crippen molar-refractivity contribution in [2.45, 2.75) is 6.92 Å². The molecule has 0 saturated heterocycles. The predicted octanol–water partition coefficient (Wildman–Crippen LogP) is 3.58. The molecule has 2 aromatic heterocycles. The zero-order chi connectivity index (χ0) is 19.8. The molecule has 7 nitrogen and oxygen atoms in total. The molecule has 0 amide bonds. The van der Waals surface area contributed by atoms with Crippen molar-refractivity contribution >= 4 is 10.9 Å². The second-order valence-electron chi connectivity index (χ2n) is 6.50. The standard InChI is InChI=1S/C21H19N3O4/c1-12-5-7-16-14(9-12)19(25)15(11-24(16)2)21-22-20(23-28-21)13-6-8-17(26-3)18(10-13)27-4/h5-11H,1-4H3. The second kappa shape index (κ2) is 6.84. The topological polar surface area (TPSA) is 79.4 Å². The molecule has 2 aromatic carbocycles. The molecular formula is C21H19N3O4. The number of aryl methyl sites for hydroxylation is 2. The maximum Gasteiger partial charge on any atom is 0.263 e. The summed E-state index contributed by atoms with van der Waals surface area (Å²) in [5.74, 6) is 1.70. The van der Waals surface area contributed by atoms with Gasteiger partial charge in [0.25, 0.3) is 5.89 Å². The van der Waals surface area contributed by atoms with Crippen molar-refractivity contribution in [1.82, 2.24) is 14.7 Å². The van der Waals surface area contributed by atoms with Crippen molar-refractivity contribution < 1.29 is 14.0 Å². The van der Waals surface area contributed by atoms with Crippen LogP contribution in [0.3, 0.4) is 0 Å². The predicted molar refractivity (Wildman–Crippen MR) is 106 cm³/mol. The van der Waals surface area contributed by atoms with Gasteiger partial charge in [-0.2, -0.15) is 4.98 Å². The molecular weight excluding hydrogens is 358 g/mol. The van der Waals surface area contributed by atoms with Crippen LogP contribution in [0, 0.1) is 6.92 Å². The number of methoxy groups -OCH3 is 2. The molecule has 0 fully saturated rings. The van der Waals surface area contributed by atoms with Crippen LogP contribution in [0.1, 0.15) is 5.56 Å². The van der Waals surface area contributed by atoms with Crippen molar-refractivity contribution in [2.24, 2.45) is 7.05 Å². The maximum absolute atomic E-state index is 13.0. The Balaban J connectivity index is 1.82. The average molecular weight is 377 g/mol. The Morgan fingerprint density at radius 1 is 1.04 bits per heavy atom. The summed E-state index contributed by atoms with van der Waals surface area (Å²) in [7, 11) is 5.01. The van der Waals surface area contributed by atoms with E-state index in [1.807, 2.05) is 36.7 Å². The highest BCUT2D eigenvalue weighted by Gasteiger charge is 2.17. The van der Waals surface area contributed by atoms with E-state index in [1.54, 1.807) is 38.6 Å². The Labute approximate surface area is 161 Å². The lowest BCUT2D eigenvalue weighted by molar-refractivity contribution is 0.355. The summed E-state index contributed by atoms with van der Waals surface area (Å²) >= 11 is 0. The first kappa shape index (κ1) is 17.8. The number of ether oxygens (including phenoxy) is 2. The van der Waals surface area contributed by atoms with Crippen LogP contribution in [-0.4, -0.2) is 28.9 Å². The van der Waals surface area contributed by atoms with Crippen LogP contribution >= 0.6 is 0 Å². The van der Waals surface area contributed by atoms with E-state index in [2.05, 4.69) is 10.1 Å². The zero-order valence-electron chi connectivity index (χ0n) is 16.0. The summed E-state index contributed by atoms with van der Waals surface area (Å²) in [6.07, 6.45) is 1.71. The molecule has 0 aliphatic carbocycles. The highest BCUT2D eigenvalue weighted by Crippen LogP contribution is 2.32. The quantitative estimate of drug-likeness (QED) is 0.541. The molecule has 0 radical (unpaired) electrons. The van der Waals surface area contributed by atoms with E-state index in [1.165, 1.54) is 0 Å². The van der Waals surface area contributed by atoms with Crippen LogP contribution < -0.4 is 14.9 Å². The fourth-order valence-corrected chi connectivity index (χ4v) is 3.18. The molecule has 0 aliphatic heterocycles. The van der Waals surface area contributed by atoms with Crippen LogP contribution in [0.25, 0.3) is 33.7 Å². The van der Waals surface area contributed by atoms with Gasteiger partial charge in [0.1, 0.15) is 5.56 Å². The van der Waals surface area contributed by atoms with Crippen LogP contribution in [0.5, 0.6) is 11.5 Å². The van der Waals surface area contributed by atoms with Crippen LogP contribution in [0.4, 0.5) is 0 Å². The number of fused-ring (bicyclic) bond motifs is 1. The molecule has 0 atom stereocenters. The molecule has 2 heterocycles. The molecule has 0 unspecified atom stereocenters. The van der Waals surface area contributed by atoms with Crippen LogP contribution in [0.2, 0.25) is 0 Å². The Morgan fingerprint density at radius 2 is 1.82 bits per heavy atom. The van der Waals surface area contributed by atoms with E-state index in [4.69, 9.17) is 14.0 Å². The lowest BCUT2D eigenvalue weighted by atomic mass is 10.1. The summed E-state index contributed by atoms with van der Waals surface area (Å²) in [6.45, 7) is 1.95. The first-order chi connectivity index (χ1) is 13.5. The zero-order valence-corrected chi connectivity index (χ0v) is 16.0. The third-order valence-corrected chi connectivity index (χ3v) is 4.64. The molecule has 0 saturated carbocycles. The first-order valence-corrected chi connectivity index (χ1v) is 8.68. The molecule has 4 aromatic rings. The van der Waals surface area contributed by atoms with Gasteiger partial charge in [0.15, 0.2) is 11.5 Å². The minimum absolute atomic E-state index is 0.140. The van der Waals surface area contributed by atoms with Gasteiger partial charge in [-0.25, -0.2) is 0 Å². The Kier molecular flexibility index (Phi) is 4.35. The van der Waals surface area contributed by atoms with E-state index in [0.29, 0.717) is 33.8 Å². The van der Waals surface area contributed by atoms with Gasteiger partial charge in [0.2, 0.25) is 11.3 Å². The van der Waals surface area contributed by atoms with Gasteiger partial charge >= 0.3 is 0 Å². The highest BCUT2D eigenvalue weighted by molar-refractivity contribution is 5.83. The van der Waals surface area contributed by atoms with Crippen molar-refractivity contribution in [3.63, 3.8) is 0 Å². The van der Waals surface area contributed by atoms with E-state index >= 15 is 0 Å². The van der Waals surface area contributed by atoms with E-state index in [-0.39, 0.29) is 11.3 Å². The molecule has 0 N–H and O–H groups in total. The first-order valence-electron chi connectivity index (χ1n) is 8.68. The number of aromatic nitrogens is 3. The van der Waals surface area contributed by atoms with Crippen molar-refractivity contribution in [2.75, 3.05) is 14.2 Å². The number of rotatable bonds is 4. The molecule has 0 bridgehead atoms. The maximum atomic E-state index is 13.0. The van der Waals surface area contributed by atoms with Crippen molar-refractivity contribution in [3.05, 3.63) is 58.4 Å². The van der Waals surface area contributed by atoms with Gasteiger partial charge in [0, 0.05) is 24.2 Å². The van der Waals surface area contributed by atoms with Crippen molar-refractivity contribution in [3.8, 4) is 34.3 Å².